The molecule has 2 aromatic heterocycles. The molecule has 1 aromatic carbocycles. The predicted molar refractivity (Wildman–Crippen MR) is 103 cm³/mol. The van der Waals surface area contributed by atoms with E-state index in [2.05, 4.69) is 25.4 Å². The van der Waals surface area contributed by atoms with E-state index >= 15 is 0 Å². The molecule has 1 saturated carbocycles. The number of anilines is 1. The molecule has 0 unspecified atom stereocenters. The van der Waals surface area contributed by atoms with E-state index in [4.69, 9.17) is 0 Å². The summed E-state index contributed by atoms with van der Waals surface area (Å²) in [6.45, 7) is 2.27. The molecular weight excluding hydrogens is 340 g/mol. The first-order chi connectivity index (χ1) is 13.1. The first-order valence-corrected chi connectivity index (χ1v) is 9.24. The molecule has 2 fully saturated rings. The predicted octanol–water partition coefficient (Wildman–Crippen LogP) is 2.22. The van der Waals surface area contributed by atoms with Gasteiger partial charge in [0.1, 0.15) is 11.4 Å². The first kappa shape index (κ1) is 16.3. The maximum Gasteiger partial charge on any atom is 0.245 e. The Morgan fingerprint density at radius 3 is 2.56 bits per heavy atom. The standard InChI is InChI=1S/C20H22N6O/c1-25(15-9-20(10-15)12-21-13-20)19-22-11-17(23-24-19)16-5-4-14(8-18(16)27)26-6-2-3-7-26/h2-8,11,15,21,27H,9-10,12-13H2,1H3. The van der Waals surface area contributed by atoms with Gasteiger partial charge >= 0.3 is 0 Å². The van der Waals surface area contributed by atoms with Crippen molar-refractivity contribution >= 4 is 5.95 Å². The van der Waals surface area contributed by atoms with Crippen LogP contribution in [0.1, 0.15) is 12.8 Å². The lowest BCUT2D eigenvalue weighted by Crippen LogP contribution is -2.65. The zero-order valence-corrected chi connectivity index (χ0v) is 15.2. The zero-order chi connectivity index (χ0) is 18.4. The highest BCUT2D eigenvalue weighted by molar-refractivity contribution is 5.68. The maximum atomic E-state index is 10.4. The van der Waals surface area contributed by atoms with E-state index < -0.39 is 0 Å². The monoisotopic (exact) mass is 362 g/mol. The van der Waals surface area contributed by atoms with Gasteiger partial charge in [-0.2, -0.15) is 0 Å². The van der Waals surface area contributed by atoms with E-state index in [-0.39, 0.29) is 5.75 Å². The number of aromatic hydroxyl groups is 1. The number of hydrogen-bond donors (Lipinski definition) is 2. The molecule has 0 amide bonds. The topological polar surface area (TPSA) is 79.1 Å². The Bertz CT molecular complexity index is 941. The first-order valence-electron chi connectivity index (χ1n) is 9.24. The van der Waals surface area contributed by atoms with E-state index in [0.717, 1.165) is 18.8 Å². The highest BCUT2D eigenvalue weighted by Crippen LogP contribution is 2.46. The second kappa shape index (κ2) is 6.06. The molecule has 1 spiro atoms. The van der Waals surface area contributed by atoms with Gasteiger partial charge in [0.15, 0.2) is 0 Å². The Labute approximate surface area is 157 Å². The van der Waals surface area contributed by atoms with Gasteiger partial charge in [-0.05, 0) is 42.5 Å². The van der Waals surface area contributed by atoms with Crippen LogP contribution < -0.4 is 10.2 Å². The van der Waals surface area contributed by atoms with Crippen LogP contribution in [0.3, 0.4) is 0 Å². The fraction of sp³-hybridized carbons (Fsp3) is 0.350. The van der Waals surface area contributed by atoms with Gasteiger partial charge in [0, 0.05) is 55.9 Å². The molecular formula is C20H22N6O. The summed E-state index contributed by atoms with van der Waals surface area (Å²) in [6, 6.07) is 9.88. The molecule has 5 rings (SSSR count). The number of nitrogens with zero attached hydrogens (tertiary/aromatic N) is 5. The molecule has 1 saturated heterocycles. The summed E-state index contributed by atoms with van der Waals surface area (Å²) in [5.41, 5.74) is 2.60. The molecule has 2 aliphatic rings. The van der Waals surface area contributed by atoms with Crippen molar-refractivity contribution in [2.24, 2.45) is 5.41 Å². The molecule has 7 heteroatoms. The Kier molecular flexibility index (Phi) is 3.65. The summed E-state index contributed by atoms with van der Waals surface area (Å²) >= 11 is 0. The van der Waals surface area contributed by atoms with E-state index in [0.29, 0.717) is 28.7 Å². The highest BCUT2D eigenvalue weighted by atomic mass is 16.3. The van der Waals surface area contributed by atoms with Crippen molar-refractivity contribution in [3.63, 3.8) is 0 Å². The van der Waals surface area contributed by atoms with Crippen molar-refractivity contribution in [1.82, 2.24) is 25.1 Å². The van der Waals surface area contributed by atoms with Gasteiger partial charge in [-0.1, -0.05) is 0 Å². The number of hydrogen-bond acceptors (Lipinski definition) is 6. The Hall–Kier alpha value is -2.93. The third kappa shape index (κ3) is 2.75. The molecule has 7 nitrogen and oxygen atoms in total. The quantitative estimate of drug-likeness (QED) is 0.741. The molecule has 3 aromatic rings. The molecule has 0 bridgehead atoms. The molecule has 3 heterocycles. The summed E-state index contributed by atoms with van der Waals surface area (Å²) in [5.74, 6) is 0.797. The molecule has 0 atom stereocenters. The lowest BCUT2D eigenvalue weighted by Gasteiger charge is -2.56. The second-order valence-corrected chi connectivity index (χ2v) is 7.71. The van der Waals surface area contributed by atoms with Crippen LogP contribution in [0.25, 0.3) is 16.9 Å². The van der Waals surface area contributed by atoms with Crippen LogP contribution >= 0.6 is 0 Å². The highest BCUT2D eigenvalue weighted by Gasteiger charge is 2.50. The van der Waals surface area contributed by atoms with Gasteiger partial charge in [0.05, 0.1) is 6.20 Å². The number of phenolic OH excluding ortho intramolecular Hbond substituents is 1. The minimum atomic E-state index is 0.164. The molecule has 0 radical (unpaired) electrons. The van der Waals surface area contributed by atoms with Crippen molar-refractivity contribution in [2.45, 2.75) is 18.9 Å². The van der Waals surface area contributed by atoms with Gasteiger partial charge in [0.25, 0.3) is 0 Å². The van der Waals surface area contributed by atoms with Crippen LogP contribution in [-0.4, -0.2) is 51.0 Å². The molecule has 138 valence electrons. The van der Waals surface area contributed by atoms with Gasteiger partial charge in [-0.15, -0.1) is 10.2 Å². The lowest BCUT2D eigenvalue weighted by molar-refractivity contribution is 0.0368. The Balaban J connectivity index is 1.33. The number of nitrogens with one attached hydrogen (secondary N) is 1. The normalized spacial score (nSPS) is 18.1. The molecule has 1 aliphatic heterocycles. The van der Waals surface area contributed by atoms with Crippen LogP contribution in [0, 0.1) is 5.41 Å². The summed E-state index contributed by atoms with van der Waals surface area (Å²) in [5, 5.41) is 22.4. The summed E-state index contributed by atoms with van der Waals surface area (Å²) in [6.07, 6.45) is 7.92. The smallest absolute Gasteiger partial charge is 0.245 e. The van der Waals surface area contributed by atoms with Crippen molar-refractivity contribution in [2.75, 3.05) is 25.0 Å². The average molecular weight is 362 g/mol. The summed E-state index contributed by atoms with van der Waals surface area (Å²) < 4.78 is 1.94. The lowest BCUT2D eigenvalue weighted by atomic mass is 9.61. The minimum absolute atomic E-state index is 0.164. The van der Waals surface area contributed by atoms with E-state index in [9.17, 15) is 5.11 Å². The molecule has 1 aliphatic carbocycles. The van der Waals surface area contributed by atoms with Crippen molar-refractivity contribution in [3.05, 3.63) is 48.9 Å². The summed E-state index contributed by atoms with van der Waals surface area (Å²) in [7, 11) is 2.03. The largest absolute Gasteiger partial charge is 0.507 e. The molecule has 27 heavy (non-hydrogen) atoms. The number of benzene rings is 1. The SMILES string of the molecule is CN(c1ncc(-c2ccc(-n3cccc3)cc2O)nn1)C1CC2(CNC2)C1. The number of aromatic nitrogens is 4. The van der Waals surface area contributed by atoms with E-state index in [1.807, 2.05) is 48.3 Å². The number of rotatable bonds is 4. The van der Waals surface area contributed by atoms with Crippen LogP contribution in [0.2, 0.25) is 0 Å². The average Bonchev–Trinajstić information content (AvgIpc) is 3.14. The van der Waals surface area contributed by atoms with Gasteiger partial charge in [0.2, 0.25) is 5.95 Å². The van der Waals surface area contributed by atoms with E-state index in [1.54, 1.807) is 12.3 Å². The van der Waals surface area contributed by atoms with E-state index in [1.165, 1.54) is 12.8 Å². The Morgan fingerprint density at radius 2 is 1.96 bits per heavy atom. The third-order valence-electron chi connectivity index (χ3n) is 5.91. The van der Waals surface area contributed by atoms with Crippen molar-refractivity contribution < 1.29 is 5.11 Å². The maximum absolute atomic E-state index is 10.4. The van der Waals surface area contributed by atoms with Crippen LogP contribution in [0.4, 0.5) is 5.95 Å². The second-order valence-electron chi connectivity index (χ2n) is 7.71. The van der Waals surface area contributed by atoms with Gasteiger partial charge in [-0.3, -0.25) is 0 Å². The van der Waals surface area contributed by atoms with Crippen molar-refractivity contribution in [1.29, 1.82) is 0 Å². The van der Waals surface area contributed by atoms with Crippen LogP contribution in [0.15, 0.2) is 48.9 Å². The third-order valence-corrected chi connectivity index (χ3v) is 5.91. The Morgan fingerprint density at radius 1 is 1.19 bits per heavy atom. The number of phenols is 1. The van der Waals surface area contributed by atoms with Gasteiger partial charge in [-0.25, -0.2) is 4.98 Å². The van der Waals surface area contributed by atoms with Gasteiger partial charge < -0.3 is 19.9 Å². The van der Waals surface area contributed by atoms with Crippen LogP contribution in [0.5, 0.6) is 5.75 Å². The summed E-state index contributed by atoms with van der Waals surface area (Å²) in [4.78, 5) is 6.60. The van der Waals surface area contributed by atoms with Crippen LogP contribution in [-0.2, 0) is 0 Å². The zero-order valence-electron chi connectivity index (χ0n) is 15.2. The fourth-order valence-electron chi connectivity index (χ4n) is 4.10. The minimum Gasteiger partial charge on any atom is -0.507 e. The molecule has 2 N–H and O–H groups in total. The van der Waals surface area contributed by atoms with Crippen molar-refractivity contribution in [3.8, 4) is 22.7 Å². The fourth-order valence-corrected chi connectivity index (χ4v) is 4.10.